The van der Waals surface area contributed by atoms with Crippen LogP contribution in [0.4, 0.5) is 0 Å². The van der Waals surface area contributed by atoms with Gasteiger partial charge in [0.25, 0.3) is 0 Å². The van der Waals surface area contributed by atoms with Crippen LogP contribution in [0.3, 0.4) is 0 Å². The third-order valence-electron chi connectivity index (χ3n) is 1.72. The third kappa shape index (κ3) is 2.66. The zero-order chi connectivity index (χ0) is 10.4. The van der Waals surface area contributed by atoms with Crippen molar-refractivity contribution in [2.24, 2.45) is 0 Å². The zero-order valence-corrected chi connectivity index (χ0v) is 8.77. The molecule has 0 aromatic heterocycles. The van der Waals surface area contributed by atoms with Gasteiger partial charge in [0, 0.05) is 12.1 Å². The highest BCUT2D eigenvalue weighted by Gasteiger charge is 2.06. The normalized spacial score (nSPS) is 9.50. The van der Waals surface area contributed by atoms with Gasteiger partial charge in [0.1, 0.15) is 12.4 Å². The van der Waals surface area contributed by atoms with Crippen LogP contribution in [-0.4, -0.2) is 13.7 Å². The van der Waals surface area contributed by atoms with E-state index in [2.05, 4.69) is 11.2 Å². The van der Waals surface area contributed by atoms with Crippen LogP contribution >= 0.6 is 11.6 Å². The highest BCUT2D eigenvalue weighted by atomic mass is 35.5. The highest BCUT2D eigenvalue weighted by Crippen LogP contribution is 2.28. The first-order chi connectivity index (χ1) is 6.79. The van der Waals surface area contributed by atoms with Crippen molar-refractivity contribution in [3.8, 4) is 18.1 Å². The molecule has 0 heterocycles. The Hall–Kier alpha value is -1.17. The molecule has 0 unspecified atom stereocenters. The molecule has 3 heteroatoms. The van der Waals surface area contributed by atoms with Crippen LogP contribution in [0.5, 0.6) is 5.75 Å². The van der Waals surface area contributed by atoms with E-state index in [0.29, 0.717) is 17.3 Å². The largest absolute Gasteiger partial charge is 0.479 e. The van der Waals surface area contributed by atoms with Gasteiger partial charge >= 0.3 is 0 Å². The summed E-state index contributed by atoms with van der Waals surface area (Å²) < 4.78 is 5.36. The van der Waals surface area contributed by atoms with Crippen LogP contribution < -0.4 is 10.1 Å². The molecule has 0 aliphatic rings. The van der Waals surface area contributed by atoms with Crippen LogP contribution in [0.1, 0.15) is 5.56 Å². The summed E-state index contributed by atoms with van der Waals surface area (Å²) in [5.41, 5.74) is 1.01. The van der Waals surface area contributed by atoms with Crippen LogP contribution in [-0.2, 0) is 6.54 Å². The van der Waals surface area contributed by atoms with Crippen molar-refractivity contribution >= 4 is 11.6 Å². The van der Waals surface area contributed by atoms with Crippen molar-refractivity contribution in [1.29, 1.82) is 0 Å². The fraction of sp³-hybridized carbons (Fsp3) is 0.273. The Balaban J connectivity index is 2.91. The summed E-state index contributed by atoms with van der Waals surface area (Å²) in [6.45, 7) is 0.945. The summed E-state index contributed by atoms with van der Waals surface area (Å²) in [5.74, 6) is 3.08. The smallest absolute Gasteiger partial charge is 0.148 e. The second kappa shape index (κ2) is 5.54. The Morgan fingerprint density at radius 1 is 1.57 bits per heavy atom. The molecule has 1 N–H and O–H groups in total. The first kappa shape index (κ1) is 10.9. The van der Waals surface area contributed by atoms with Gasteiger partial charge in [-0.2, -0.15) is 0 Å². The van der Waals surface area contributed by atoms with E-state index in [1.807, 2.05) is 19.2 Å². The molecule has 0 amide bonds. The molecule has 0 bridgehead atoms. The lowest BCUT2D eigenvalue weighted by Gasteiger charge is -2.10. The van der Waals surface area contributed by atoms with Gasteiger partial charge in [-0.15, -0.1) is 6.42 Å². The Morgan fingerprint density at radius 3 is 3.00 bits per heavy atom. The Kier molecular flexibility index (Phi) is 4.31. The summed E-state index contributed by atoms with van der Waals surface area (Å²) in [4.78, 5) is 0. The molecule has 1 rings (SSSR count). The van der Waals surface area contributed by atoms with Crippen LogP contribution in [0.25, 0.3) is 0 Å². The molecular formula is C11H12ClNO. The maximum atomic E-state index is 5.98. The van der Waals surface area contributed by atoms with E-state index in [1.54, 1.807) is 6.07 Å². The van der Waals surface area contributed by atoms with E-state index < -0.39 is 0 Å². The topological polar surface area (TPSA) is 21.3 Å². The standard InChI is InChI=1S/C11H12ClNO/c1-3-7-14-11-9(8-13-2)5-4-6-10(11)12/h1,4-6,13H,7-8H2,2H3. The quantitative estimate of drug-likeness (QED) is 0.767. The van der Waals surface area contributed by atoms with Crippen LogP contribution in [0.15, 0.2) is 18.2 Å². The van der Waals surface area contributed by atoms with Gasteiger partial charge in [0.2, 0.25) is 0 Å². The fourth-order valence-electron chi connectivity index (χ4n) is 1.16. The maximum absolute atomic E-state index is 5.98. The number of hydrogen-bond donors (Lipinski definition) is 1. The van der Waals surface area contributed by atoms with E-state index in [1.165, 1.54) is 0 Å². The van der Waals surface area contributed by atoms with Gasteiger partial charge in [0.15, 0.2) is 0 Å². The lowest BCUT2D eigenvalue weighted by atomic mass is 10.2. The molecule has 0 aliphatic carbocycles. The van der Waals surface area contributed by atoms with Crippen molar-refractivity contribution in [1.82, 2.24) is 5.32 Å². The number of hydrogen-bond acceptors (Lipinski definition) is 2. The molecule has 1 aromatic rings. The monoisotopic (exact) mass is 209 g/mol. The molecule has 74 valence electrons. The number of ether oxygens (including phenoxy) is 1. The van der Waals surface area contributed by atoms with Crippen molar-refractivity contribution in [3.05, 3.63) is 28.8 Å². The molecule has 0 aliphatic heterocycles. The maximum Gasteiger partial charge on any atom is 0.148 e. The van der Waals surface area contributed by atoms with Crippen LogP contribution in [0, 0.1) is 12.3 Å². The van der Waals surface area contributed by atoms with Crippen molar-refractivity contribution in [2.75, 3.05) is 13.7 Å². The third-order valence-corrected chi connectivity index (χ3v) is 2.01. The molecule has 0 atom stereocenters. The van der Waals surface area contributed by atoms with E-state index in [-0.39, 0.29) is 6.61 Å². The number of benzene rings is 1. The Bertz CT molecular complexity index is 344. The lowest BCUT2D eigenvalue weighted by molar-refractivity contribution is 0.365. The summed E-state index contributed by atoms with van der Waals surface area (Å²) in [5, 5.41) is 3.63. The molecule has 0 radical (unpaired) electrons. The number of nitrogens with one attached hydrogen (secondary N) is 1. The summed E-state index contributed by atoms with van der Waals surface area (Å²) in [6, 6.07) is 5.62. The Morgan fingerprint density at radius 2 is 2.36 bits per heavy atom. The first-order valence-electron chi connectivity index (χ1n) is 4.28. The van der Waals surface area contributed by atoms with Crippen molar-refractivity contribution in [3.63, 3.8) is 0 Å². The molecule has 14 heavy (non-hydrogen) atoms. The molecule has 0 saturated heterocycles. The number of para-hydroxylation sites is 1. The molecule has 1 aromatic carbocycles. The van der Waals surface area contributed by atoms with E-state index in [9.17, 15) is 0 Å². The average molecular weight is 210 g/mol. The first-order valence-corrected chi connectivity index (χ1v) is 4.65. The SMILES string of the molecule is C#CCOc1c(Cl)cccc1CNC. The fourth-order valence-corrected chi connectivity index (χ4v) is 1.41. The summed E-state index contributed by atoms with van der Waals surface area (Å²) >= 11 is 5.98. The number of rotatable bonds is 4. The highest BCUT2D eigenvalue weighted by molar-refractivity contribution is 6.32. The molecule has 0 fully saturated rings. The molecular weight excluding hydrogens is 198 g/mol. The summed E-state index contributed by atoms with van der Waals surface area (Å²) in [6.07, 6.45) is 5.12. The minimum Gasteiger partial charge on any atom is -0.479 e. The molecule has 0 saturated carbocycles. The lowest BCUT2D eigenvalue weighted by Crippen LogP contribution is -2.07. The van der Waals surface area contributed by atoms with E-state index in [4.69, 9.17) is 22.8 Å². The van der Waals surface area contributed by atoms with Crippen molar-refractivity contribution in [2.45, 2.75) is 6.54 Å². The molecule has 0 spiro atoms. The predicted molar refractivity (Wildman–Crippen MR) is 58.5 cm³/mol. The van der Waals surface area contributed by atoms with Crippen LogP contribution in [0.2, 0.25) is 5.02 Å². The number of terminal acetylenes is 1. The van der Waals surface area contributed by atoms with Gasteiger partial charge < -0.3 is 10.1 Å². The van der Waals surface area contributed by atoms with Gasteiger partial charge in [-0.3, -0.25) is 0 Å². The second-order valence-electron chi connectivity index (χ2n) is 2.75. The average Bonchev–Trinajstić information content (AvgIpc) is 2.18. The minimum absolute atomic E-state index is 0.237. The predicted octanol–water partition coefficient (Wildman–Crippen LogP) is 2.07. The zero-order valence-electron chi connectivity index (χ0n) is 8.01. The van der Waals surface area contributed by atoms with Gasteiger partial charge in [-0.1, -0.05) is 29.7 Å². The summed E-state index contributed by atoms with van der Waals surface area (Å²) in [7, 11) is 1.87. The van der Waals surface area contributed by atoms with Gasteiger partial charge in [-0.05, 0) is 13.1 Å². The van der Waals surface area contributed by atoms with E-state index >= 15 is 0 Å². The van der Waals surface area contributed by atoms with Gasteiger partial charge in [0.05, 0.1) is 5.02 Å². The van der Waals surface area contributed by atoms with Crippen molar-refractivity contribution < 1.29 is 4.74 Å². The molecule has 2 nitrogen and oxygen atoms in total. The second-order valence-corrected chi connectivity index (χ2v) is 3.16. The van der Waals surface area contributed by atoms with E-state index in [0.717, 1.165) is 5.56 Å². The number of halogens is 1. The van der Waals surface area contributed by atoms with Gasteiger partial charge in [-0.25, -0.2) is 0 Å². The Labute approximate surface area is 89.2 Å². The minimum atomic E-state index is 0.237.